The number of piperidine rings is 1. The Labute approximate surface area is 140 Å². The summed E-state index contributed by atoms with van der Waals surface area (Å²) >= 11 is 0. The van der Waals surface area contributed by atoms with Crippen LogP contribution in [0.25, 0.3) is 0 Å². The molecule has 126 valence electrons. The molecule has 2 aliphatic rings. The Kier molecular flexibility index (Phi) is 4.90. The number of hydrogen-bond acceptors (Lipinski definition) is 2. The van der Waals surface area contributed by atoms with Crippen LogP contribution < -0.4 is 10.2 Å². The normalized spacial score (nSPS) is 19.8. The second-order valence-electron chi connectivity index (χ2n) is 7.29. The molecular weight excluding hydrogens is 284 g/mol. The monoisotopic (exact) mass is 314 g/mol. The zero-order valence-corrected chi connectivity index (χ0v) is 14.8. The molecule has 0 aliphatic carbocycles. The van der Waals surface area contributed by atoms with Crippen LogP contribution in [0.2, 0.25) is 0 Å². The van der Waals surface area contributed by atoms with E-state index in [0.29, 0.717) is 0 Å². The molecule has 0 saturated carbocycles. The molecule has 3 rings (SSSR count). The van der Waals surface area contributed by atoms with Gasteiger partial charge in [0, 0.05) is 31.4 Å². The number of fused-ring (bicyclic) bond motifs is 1. The molecule has 0 radical (unpaired) electrons. The Bertz CT molecular complexity index is 558. The van der Waals surface area contributed by atoms with Crippen LogP contribution >= 0.6 is 0 Å². The molecule has 1 N–H and O–H groups in total. The number of anilines is 1. The van der Waals surface area contributed by atoms with Gasteiger partial charge in [-0.1, -0.05) is 24.6 Å². The van der Waals surface area contributed by atoms with Gasteiger partial charge in [0.15, 0.2) is 5.96 Å². The number of hydrogen-bond donors (Lipinski definition) is 1. The molecule has 0 amide bonds. The molecular formula is C19H30N4. The summed E-state index contributed by atoms with van der Waals surface area (Å²) in [7, 11) is 1.89. The predicted octanol–water partition coefficient (Wildman–Crippen LogP) is 2.89. The molecule has 4 nitrogen and oxygen atoms in total. The van der Waals surface area contributed by atoms with Crippen LogP contribution in [0.3, 0.4) is 0 Å². The number of guanidine groups is 1. The van der Waals surface area contributed by atoms with Crippen LogP contribution in [0.5, 0.6) is 0 Å². The second-order valence-corrected chi connectivity index (χ2v) is 7.29. The van der Waals surface area contributed by atoms with Gasteiger partial charge in [-0.25, -0.2) is 0 Å². The smallest absolute Gasteiger partial charge is 0.198 e. The van der Waals surface area contributed by atoms with Gasteiger partial charge in [-0.2, -0.15) is 0 Å². The van der Waals surface area contributed by atoms with Gasteiger partial charge in [-0.05, 0) is 57.8 Å². The lowest BCUT2D eigenvalue weighted by atomic mass is 9.98. The molecule has 0 unspecified atom stereocenters. The summed E-state index contributed by atoms with van der Waals surface area (Å²) in [6.07, 6.45) is 5.15. The van der Waals surface area contributed by atoms with E-state index in [1.807, 2.05) is 7.05 Å². The van der Waals surface area contributed by atoms with Crippen molar-refractivity contribution in [3.8, 4) is 0 Å². The molecule has 23 heavy (non-hydrogen) atoms. The van der Waals surface area contributed by atoms with Crippen LogP contribution in [0.1, 0.15) is 38.7 Å². The van der Waals surface area contributed by atoms with Crippen molar-refractivity contribution < 1.29 is 0 Å². The SMILES string of the molecule is CN=C(NCC(C)(C)N1CCCCC1)N1CCc2ccccc21. The van der Waals surface area contributed by atoms with Crippen molar-refractivity contribution in [2.45, 2.75) is 45.1 Å². The molecule has 1 aromatic carbocycles. The summed E-state index contributed by atoms with van der Waals surface area (Å²) in [4.78, 5) is 9.47. The van der Waals surface area contributed by atoms with Crippen molar-refractivity contribution >= 4 is 11.6 Å². The zero-order chi connectivity index (χ0) is 16.3. The first-order valence-electron chi connectivity index (χ1n) is 8.93. The molecule has 0 aromatic heterocycles. The van der Waals surface area contributed by atoms with Gasteiger partial charge in [-0.15, -0.1) is 0 Å². The minimum Gasteiger partial charge on any atom is -0.354 e. The van der Waals surface area contributed by atoms with Crippen LogP contribution in [-0.4, -0.2) is 49.6 Å². The van der Waals surface area contributed by atoms with E-state index in [4.69, 9.17) is 0 Å². The first-order valence-corrected chi connectivity index (χ1v) is 8.93. The van der Waals surface area contributed by atoms with E-state index in [9.17, 15) is 0 Å². The van der Waals surface area contributed by atoms with Crippen LogP contribution in [-0.2, 0) is 6.42 Å². The highest BCUT2D eigenvalue weighted by atomic mass is 15.3. The van der Waals surface area contributed by atoms with Crippen molar-refractivity contribution in [2.75, 3.05) is 38.1 Å². The lowest BCUT2D eigenvalue weighted by Crippen LogP contribution is -2.55. The van der Waals surface area contributed by atoms with Crippen LogP contribution in [0.15, 0.2) is 29.3 Å². The van der Waals surface area contributed by atoms with Crippen molar-refractivity contribution in [3.63, 3.8) is 0 Å². The summed E-state index contributed by atoms with van der Waals surface area (Å²) < 4.78 is 0. The van der Waals surface area contributed by atoms with E-state index in [0.717, 1.165) is 25.5 Å². The minimum atomic E-state index is 0.162. The molecule has 2 heterocycles. The second kappa shape index (κ2) is 6.91. The van der Waals surface area contributed by atoms with Gasteiger partial charge < -0.3 is 10.2 Å². The number of nitrogens with one attached hydrogen (secondary N) is 1. The van der Waals surface area contributed by atoms with E-state index >= 15 is 0 Å². The van der Waals surface area contributed by atoms with Crippen molar-refractivity contribution in [3.05, 3.63) is 29.8 Å². The lowest BCUT2D eigenvalue weighted by molar-refractivity contribution is 0.0983. The van der Waals surface area contributed by atoms with E-state index in [-0.39, 0.29) is 5.54 Å². The molecule has 1 fully saturated rings. The number of benzene rings is 1. The van der Waals surface area contributed by atoms with Gasteiger partial charge in [0.25, 0.3) is 0 Å². The van der Waals surface area contributed by atoms with Gasteiger partial charge in [-0.3, -0.25) is 9.89 Å². The molecule has 1 saturated heterocycles. The fraction of sp³-hybridized carbons (Fsp3) is 0.632. The number of aliphatic imine (C=N–C) groups is 1. The number of likely N-dealkylation sites (tertiary alicyclic amines) is 1. The Hall–Kier alpha value is -1.55. The molecule has 0 spiro atoms. The molecule has 2 aliphatic heterocycles. The average molecular weight is 314 g/mol. The standard InChI is InChI=1S/C19H30N4/c1-19(2,22-12-7-4-8-13-22)15-21-18(20-3)23-14-11-16-9-5-6-10-17(16)23/h5-6,9-10H,4,7-8,11-15H2,1-3H3,(H,20,21). The number of rotatable bonds is 3. The van der Waals surface area contributed by atoms with Crippen LogP contribution in [0, 0.1) is 0 Å². The van der Waals surface area contributed by atoms with Crippen LogP contribution in [0.4, 0.5) is 5.69 Å². The summed E-state index contributed by atoms with van der Waals surface area (Å²) in [5.74, 6) is 1.00. The predicted molar refractivity (Wildman–Crippen MR) is 98.4 cm³/mol. The average Bonchev–Trinajstić information content (AvgIpc) is 3.00. The molecule has 1 aromatic rings. The Balaban J connectivity index is 1.64. The maximum absolute atomic E-state index is 4.53. The topological polar surface area (TPSA) is 30.9 Å². The van der Waals surface area contributed by atoms with E-state index < -0.39 is 0 Å². The summed E-state index contributed by atoms with van der Waals surface area (Å²) in [6.45, 7) is 9.08. The third kappa shape index (κ3) is 3.52. The summed E-state index contributed by atoms with van der Waals surface area (Å²) in [6, 6.07) is 8.66. The summed E-state index contributed by atoms with van der Waals surface area (Å²) in [5, 5.41) is 3.62. The summed E-state index contributed by atoms with van der Waals surface area (Å²) in [5.41, 5.74) is 2.89. The van der Waals surface area contributed by atoms with Gasteiger partial charge in [0.2, 0.25) is 0 Å². The molecule has 0 atom stereocenters. The first-order chi connectivity index (χ1) is 11.1. The number of nitrogens with zero attached hydrogens (tertiary/aromatic N) is 3. The van der Waals surface area contributed by atoms with E-state index in [1.54, 1.807) is 0 Å². The lowest BCUT2D eigenvalue weighted by Gasteiger charge is -2.41. The quantitative estimate of drug-likeness (QED) is 0.687. The van der Waals surface area contributed by atoms with E-state index in [1.165, 1.54) is 43.6 Å². The first kappa shape index (κ1) is 16.3. The minimum absolute atomic E-state index is 0.162. The fourth-order valence-electron chi connectivity index (χ4n) is 3.76. The molecule has 0 bridgehead atoms. The Morgan fingerprint density at radius 1 is 1.13 bits per heavy atom. The van der Waals surface area contributed by atoms with Crippen molar-refractivity contribution in [2.24, 2.45) is 4.99 Å². The highest BCUT2D eigenvalue weighted by Gasteiger charge is 2.29. The highest BCUT2D eigenvalue weighted by Crippen LogP contribution is 2.27. The van der Waals surface area contributed by atoms with Gasteiger partial charge in [0.1, 0.15) is 0 Å². The van der Waals surface area contributed by atoms with E-state index in [2.05, 4.69) is 58.2 Å². The maximum atomic E-state index is 4.53. The number of para-hydroxylation sites is 1. The third-order valence-electron chi connectivity index (χ3n) is 5.25. The zero-order valence-electron chi connectivity index (χ0n) is 14.8. The third-order valence-corrected chi connectivity index (χ3v) is 5.25. The fourth-order valence-corrected chi connectivity index (χ4v) is 3.76. The Morgan fingerprint density at radius 2 is 1.87 bits per heavy atom. The largest absolute Gasteiger partial charge is 0.354 e. The van der Waals surface area contributed by atoms with Crippen molar-refractivity contribution in [1.29, 1.82) is 0 Å². The van der Waals surface area contributed by atoms with Crippen molar-refractivity contribution in [1.82, 2.24) is 10.2 Å². The molecule has 4 heteroatoms. The maximum Gasteiger partial charge on any atom is 0.198 e. The van der Waals surface area contributed by atoms with Gasteiger partial charge in [0.05, 0.1) is 0 Å². The Morgan fingerprint density at radius 3 is 2.61 bits per heavy atom. The van der Waals surface area contributed by atoms with Gasteiger partial charge >= 0.3 is 0 Å². The highest BCUT2D eigenvalue weighted by molar-refractivity contribution is 5.97.